The number of likely N-dealkylation sites (tertiary alicyclic amines) is 1. The van der Waals surface area contributed by atoms with Gasteiger partial charge in [-0.25, -0.2) is 4.79 Å². The van der Waals surface area contributed by atoms with Crippen molar-refractivity contribution in [3.8, 4) is 11.1 Å². The summed E-state index contributed by atoms with van der Waals surface area (Å²) < 4.78 is 1.37. The quantitative estimate of drug-likeness (QED) is 0.499. The summed E-state index contributed by atoms with van der Waals surface area (Å²) in [6, 6.07) is 10.4. The van der Waals surface area contributed by atoms with Crippen LogP contribution in [0.15, 0.2) is 47.4 Å². The molecule has 1 aromatic heterocycles. The Morgan fingerprint density at radius 1 is 1.03 bits per heavy atom. The first-order valence-corrected chi connectivity index (χ1v) is 14.8. The molecule has 3 fully saturated rings. The molecular weight excluding hydrogens is 492 g/mol. The van der Waals surface area contributed by atoms with E-state index in [-0.39, 0.29) is 29.5 Å². The zero-order valence-electron chi connectivity index (χ0n) is 23.1. The largest absolute Gasteiger partial charge is 0.478 e. The van der Waals surface area contributed by atoms with Gasteiger partial charge in [-0.15, -0.1) is 0 Å². The van der Waals surface area contributed by atoms with Crippen molar-refractivity contribution < 1.29 is 19.8 Å². The minimum Gasteiger partial charge on any atom is -0.478 e. The average Bonchev–Trinajstić information content (AvgIpc) is 3.42. The normalized spacial score (nSPS) is 24.1. The molecule has 7 nitrogen and oxygen atoms in total. The van der Waals surface area contributed by atoms with Crippen LogP contribution in [0, 0.1) is 17.3 Å². The maximum absolute atomic E-state index is 13.6. The number of hydrogen-bond acceptors (Lipinski definition) is 4. The molecule has 1 spiro atoms. The van der Waals surface area contributed by atoms with E-state index in [0.29, 0.717) is 36.6 Å². The molecule has 3 aliphatic rings. The zero-order valence-corrected chi connectivity index (χ0v) is 23.1. The summed E-state index contributed by atoms with van der Waals surface area (Å²) in [5.74, 6) is -0.318. The number of piperidine rings is 1. The van der Waals surface area contributed by atoms with Gasteiger partial charge in [0.1, 0.15) is 0 Å². The van der Waals surface area contributed by atoms with Crippen molar-refractivity contribution >= 4 is 11.9 Å². The van der Waals surface area contributed by atoms with Crippen LogP contribution in [-0.2, 0) is 11.3 Å². The second kappa shape index (κ2) is 11.3. The van der Waals surface area contributed by atoms with Crippen LogP contribution in [0.2, 0.25) is 0 Å². The highest BCUT2D eigenvalue weighted by Gasteiger charge is 2.55. The number of benzene rings is 1. The molecule has 2 saturated carbocycles. The fraction of sp³-hybridized carbons (Fsp3) is 0.594. The molecule has 2 heterocycles. The van der Waals surface area contributed by atoms with Crippen LogP contribution >= 0.6 is 0 Å². The Kier molecular flexibility index (Phi) is 7.99. The Morgan fingerprint density at radius 2 is 1.72 bits per heavy atom. The number of carbonyl (C=O) groups is 2. The van der Waals surface area contributed by atoms with E-state index in [1.54, 1.807) is 12.1 Å². The molecule has 210 valence electrons. The van der Waals surface area contributed by atoms with Gasteiger partial charge in [0.05, 0.1) is 17.7 Å². The molecular formula is C32H42N2O5. The van der Waals surface area contributed by atoms with E-state index in [9.17, 15) is 24.6 Å². The third-order valence-corrected chi connectivity index (χ3v) is 9.85. The van der Waals surface area contributed by atoms with Gasteiger partial charge in [0.15, 0.2) is 0 Å². The third kappa shape index (κ3) is 5.56. The zero-order chi connectivity index (χ0) is 27.6. The highest BCUT2D eigenvalue weighted by molar-refractivity contribution is 5.95. The van der Waals surface area contributed by atoms with E-state index in [1.807, 2.05) is 23.1 Å². The number of rotatable bonds is 7. The highest BCUT2D eigenvalue weighted by Crippen LogP contribution is 2.52. The Balaban J connectivity index is 1.38. The average molecular weight is 535 g/mol. The van der Waals surface area contributed by atoms with Crippen molar-refractivity contribution in [3.05, 3.63) is 58.5 Å². The standard InChI is InChI=1S/C32H42N2O5/c1-23(18-24-10-4-2-5-11-24)29(36)33-17-16-32(39,31(21-33)14-8-9-15-31)22-34-20-27(30(37)38)26(19-28(34)35)25-12-6-3-7-13-25/h3,6-7,12-13,19-20,23-24,39H,2,4-5,8-11,14-18,21-22H2,1H3,(H,37,38). The molecule has 1 aromatic carbocycles. The number of nitrogens with zero attached hydrogens (tertiary/aromatic N) is 2. The first kappa shape index (κ1) is 27.6. The molecule has 39 heavy (non-hydrogen) atoms. The summed E-state index contributed by atoms with van der Waals surface area (Å²) in [4.78, 5) is 41.0. The lowest BCUT2D eigenvalue weighted by Gasteiger charge is -2.53. The summed E-state index contributed by atoms with van der Waals surface area (Å²) in [7, 11) is 0. The summed E-state index contributed by atoms with van der Waals surface area (Å²) in [6.45, 7) is 3.04. The van der Waals surface area contributed by atoms with Crippen LogP contribution in [0.5, 0.6) is 0 Å². The van der Waals surface area contributed by atoms with Gasteiger partial charge in [-0.2, -0.15) is 0 Å². The minimum atomic E-state index is -1.19. The number of hydrogen-bond donors (Lipinski definition) is 2. The first-order valence-electron chi connectivity index (χ1n) is 14.8. The molecule has 1 saturated heterocycles. The maximum Gasteiger partial charge on any atom is 0.337 e. The van der Waals surface area contributed by atoms with Crippen LogP contribution < -0.4 is 5.56 Å². The molecule has 1 aliphatic heterocycles. The number of carboxylic acid groups (broad SMARTS) is 1. The number of amides is 1. The van der Waals surface area contributed by atoms with Crippen molar-refractivity contribution in [2.45, 2.75) is 89.7 Å². The van der Waals surface area contributed by atoms with Crippen molar-refractivity contribution in [2.24, 2.45) is 17.3 Å². The molecule has 5 rings (SSSR count). The second-order valence-electron chi connectivity index (χ2n) is 12.4. The number of pyridine rings is 1. The number of aliphatic hydroxyl groups is 1. The van der Waals surface area contributed by atoms with Gasteiger partial charge in [0.25, 0.3) is 5.56 Å². The molecule has 7 heteroatoms. The summed E-state index contributed by atoms with van der Waals surface area (Å²) in [6.07, 6.45) is 12.5. The van der Waals surface area contributed by atoms with Crippen LogP contribution in [0.1, 0.15) is 87.9 Å². The van der Waals surface area contributed by atoms with Gasteiger partial charge in [-0.3, -0.25) is 9.59 Å². The molecule has 0 radical (unpaired) electrons. The Labute approximate surface area is 230 Å². The lowest BCUT2D eigenvalue weighted by molar-refractivity contribution is -0.163. The topological polar surface area (TPSA) is 99.8 Å². The summed E-state index contributed by atoms with van der Waals surface area (Å²) >= 11 is 0. The summed E-state index contributed by atoms with van der Waals surface area (Å²) in [5, 5.41) is 22.1. The van der Waals surface area contributed by atoms with Gasteiger partial charge in [0, 0.05) is 42.2 Å². The van der Waals surface area contributed by atoms with Gasteiger partial charge in [-0.05, 0) is 37.2 Å². The van der Waals surface area contributed by atoms with Crippen LogP contribution in [0.4, 0.5) is 0 Å². The van der Waals surface area contributed by atoms with Gasteiger partial charge >= 0.3 is 5.97 Å². The van der Waals surface area contributed by atoms with Crippen molar-refractivity contribution in [1.82, 2.24) is 9.47 Å². The van der Waals surface area contributed by atoms with E-state index in [0.717, 1.165) is 32.1 Å². The van der Waals surface area contributed by atoms with Crippen LogP contribution in [0.25, 0.3) is 11.1 Å². The number of aromatic carboxylic acids is 1. The SMILES string of the molecule is CC(CC1CCCCC1)C(=O)N1CCC(O)(Cn2cc(C(=O)O)c(-c3ccccc3)cc2=O)C2(CCCC2)C1. The van der Waals surface area contributed by atoms with Gasteiger partial charge < -0.3 is 19.7 Å². The lowest BCUT2D eigenvalue weighted by Crippen LogP contribution is -2.62. The second-order valence-corrected chi connectivity index (χ2v) is 12.4. The smallest absolute Gasteiger partial charge is 0.337 e. The van der Waals surface area contributed by atoms with Crippen LogP contribution in [-0.4, -0.2) is 50.2 Å². The number of carboxylic acids is 1. The lowest BCUT2D eigenvalue weighted by atomic mass is 9.65. The van der Waals surface area contributed by atoms with E-state index in [1.165, 1.54) is 48.9 Å². The predicted molar refractivity (Wildman–Crippen MR) is 151 cm³/mol. The Morgan fingerprint density at radius 3 is 2.38 bits per heavy atom. The van der Waals surface area contributed by atoms with E-state index >= 15 is 0 Å². The van der Waals surface area contributed by atoms with Crippen LogP contribution in [0.3, 0.4) is 0 Å². The van der Waals surface area contributed by atoms with Gasteiger partial charge in [-0.1, -0.05) is 82.2 Å². The van der Waals surface area contributed by atoms with Crippen molar-refractivity contribution in [3.63, 3.8) is 0 Å². The highest BCUT2D eigenvalue weighted by atomic mass is 16.4. The fourth-order valence-electron chi connectivity index (χ4n) is 7.63. The first-order chi connectivity index (χ1) is 18.7. The molecule has 1 amide bonds. The monoisotopic (exact) mass is 534 g/mol. The third-order valence-electron chi connectivity index (χ3n) is 9.85. The number of carbonyl (C=O) groups excluding carboxylic acids is 1. The predicted octanol–water partition coefficient (Wildman–Crippen LogP) is 5.34. The van der Waals surface area contributed by atoms with E-state index in [2.05, 4.69) is 6.92 Å². The molecule has 2 aromatic rings. The van der Waals surface area contributed by atoms with Gasteiger partial charge in [0.2, 0.25) is 5.91 Å². The molecule has 2 unspecified atom stereocenters. The van der Waals surface area contributed by atoms with Crippen molar-refractivity contribution in [1.29, 1.82) is 0 Å². The van der Waals surface area contributed by atoms with Crippen molar-refractivity contribution in [2.75, 3.05) is 13.1 Å². The van der Waals surface area contributed by atoms with E-state index < -0.39 is 17.0 Å². The van der Waals surface area contributed by atoms with E-state index in [4.69, 9.17) is 0 Å². The summed E-state index contributed by atoms with van der Waals surface area (Å²) in [5.41, 5.74) is -0.944. The molecule has 0 bridgehead atoms. The number of aromatic nitrogens is 1. The molecule has 2 aliphatic carbocycles. The molecule has 2 atom stereocenters. The maximum atomic E-state index is 13.6. The Hall–Kier alpha value is -2.93. The minimum absolute atomic E-state index is 0.0241. The fourth-order valence-corrected chi connectivity index (χ4v) is 7.63. The molecule has 2 N–H and O–H groups in total. The Bertz CT molecular complexity index is 1240.